The lowest BCUT2D eigenvalue weighted by molar-refractivity contribution is 0.0757. The van der Waals surface area contributed by atoms with Crippen LogP contribution < -0.4 is 5.46 Å². The minimum atomic E-state index is -0.411. The van der Waals surface area contributed by atoms with E-state index in [0.29, 0.717) is 6.54 Å². The Morgan fingerprint density at radius 1 is 1.23 bits per heavy atom. The van der Waals surface area contributed by atoms with Gasteiger partial charge in [0.25, 0.3) is 0 Å². The van der Waals surface area contributed by atoms with Gasteiger partial charge in [0.05, 0.1) is 6.54 Å². The Morgan fingerprint density at radius 3 is 2.50 bits per heavy atom. The number of rotatable bonds is 6. The maximum absolute atomic E-state index is 6.01. The maximum atomic E-state index is 6.01. The SMILES string of the molecule is CC(C)OB(OC(C)(C)C)c1cnn(Cc2ccncc2)c1. The summed E-state index contributed by atoms with van der Waals surface area (Å²) in [7, 11) is -0.411. The van der Waals surface area contributed by atoms with Crippen LogP contribution in [0.4, 0.5) is 0 Å². The molecule has 0 spiro atoms. The molecule has 118 valence electrons. The molecule has 5 nitrogen and oxygen atoms in total. The van der Waals surface area contributed by atoms with Gasteiger partial charge in [-0.25, -0.2) is 0 Å². The zero-order valence-electron chi connectivity index (χ0n) is 14.0. The first-order valence-corrected chi connectivity index (χ1v) is 7.58. The second-order valence-corrected chi connectivity index (χ2v) is 6.57. The molecule has 22 heavy (non-hydrogen) atoms. The van der Waals surface area contributed by atoms with Gasteiger partial charge in [-0.05, 0) is 52.3 Å². The van der Waals surface area contributed by atoms with Gasteiger partial charge in [-0.3, -0.25) is 9.67 Å². The predicted octanol–water partition coefficient (Wildman–Crippen LogP) is 2.26. The first kappa shape index (κ1) is 16.7. The molecule has 0 atom stereocenters. The Morgan fingerprint density at radius 2 is 1.91 bits per heavy atom. The van der Waals surface area contributed by atoms with E-state index in [2.05, 4.69) is 10.1 Å². The molecule has 0 aromatic carbocycles. The van der Waals surface area contributed by atoms with Crippen molar-refractivity contribution < 1.29 is 9.31 Å². The molecule has 2 aromatic rings. The van der Waals surface area contributed by atoms with Crippen molar-refractivity contribution in [3.8, 4) is 0 Å². The smallest absolute Gasteiger partial charge is 0.405 e. The summed E-state index contributed by atoms with van der Waals surface area (Å²) in [6, 6.07) is 3.96. The van der Waals surface area contributed by atoms with Gasteiger partial charge >= 0.3 is 7.12 Å². The minimum Gasteiger partial charge on any atom is -0.405 e. The monoisotopic (exact) mass is 301 g/mol. The summed E-state index contributed by atoms with van der Waals surface area (Å²) in [5.74, 6) is 0. The number of nitrogens with zero attached hydrogens (tertiary/aromatic N) is 3. The van der Waals surface area contributed by atoms with Gasteiger partial charge in [0.2, 0.25) is 0 Å². The van der Waals surface area contributed by atoms with E-state index in [-0.39, 0.29) is 11.7 Å². The Bertz CT molecular complexity index is 579. The van der Waals surface area contributed by atoms with E-state index in [9.17, 15) is 0 Å². The van der Waals surface area contributed by atoms with Crippen molar-refractivity contribution in [1.82, 2.24) is 14.8 Å². The van der Waals surface area contributed by atoms with Crippen molar-refractivity contribution in [2.45, 2.75) is 52.9 Å². The standard InChI is InChI=1S/C16H24BN3O2/c1-13(2)21-17(22-16(3,4)5)15-10-19-20(12-15)11-14-6-8-18-9-7-14/h6-10,12-13H,11H2,1-5H3. The quantitative estimate of drug-likeness (QED) is 0.768. The average Bonchev–Trinajstić information content (AvgIpc) is 2.85. The largest absolute Gasteiger partial charge is 0.497 e. The summed E-state index contributed by atoms with van der Waals surface area (Å²) in [6.45, 7) is 10.8. The average molecular weight is 301 g/mol. The summed E-state index contributed by atoms with van der Waals surface area (Å²) in [6.07, 6.45) is 7.43. The molecular formula is C16H24BN3O2. The van der Waals surface area contributed by atoms with Crippen molar-refractivity contribution in [1.29, 1.82) is 0 Å². The van der Waals surface area contributed by atoms with Gasteiger partial charge in [-0.15, -0.1) is 0 Å². The zero-order chi connectivity index (χ0) is 16.2. The van der Waals surface area contributed by atoms with Crippen LogP contribution in [0.1, 0.15) is 40.2 Å². The molecule has 0 aliphatic heterocycles. The van der Waals surface area contributed by atoms with E-state index >= 15 is 0 Å². The molecule has 0 fully saturated rings. The zero-order valence-corrected chi connectivity index (χ0v) is 14.0. The third-order valence-corrected chi connectivity index (χ3v) is 2.88. The second-order valence-electron chi connectivity index (χ2n) is 6.57. The molecule has 0 aliphatic carbocycles. The van der Waals surface area contributed by atoms with Crippen molar-refractivity contribution in [3.63, 3.8) is 0 Å². The van der Waals surface area contributed by atoms with E-state index in [1.54, 1.807) is 18.6 Å². The lowest BCUT2D eigenvalue weighted by Crippen LogP contribution is -2.43. The van der Waals surface area contributed by atoms with Crippen LogP contribution in [0.15, 0.2) is 36.9 Å². The number of hydrogen-bond acceptors (Lipinski definition) is 4. The summed E-state index contributed by atoms with van der Waals surface area (Å²) in [5.41, 5.74) is 1.80. The van der Waals surface area contributed by atoms with Crippen LogP contribution in [0.25, 0.3) is 0 Å². The fourth-order valence-electron chi connectivity index (χ4n) is 2.01. The molecule has 2 aromatic heterocycles. The number of aromatic nitrogens is 3. The van der Waals surface area contributed by atoms with E-state index in [4.69, 9.17) is 9.31 Å². The van der Waals surface area contributed by atoms with Gasteiger partial charge in [0.15, 0.2) is 0 Å². The highest BCUT2D eigenvalue weighted by molar-refractivity contribution is 6.61. The fourth-order valence-corrected chi connectivity index (χ4v) is 2.01. The van der Waals surface area contributed by atoms with E-state index in [1.165, 1.54) is 0 Å². The Kier molecular flexibility index (Phi) is 5.37. The van der Waals surface area contributed by atoms with Gasteiger partial charge in [-0.1, -0.05) is 0 Å². The highest BCUT2D eigenvalue weighted by Gasteiger charge is 2.29. The summed E-state index contributed by atoms with van der Waals surface area (Å²) in [4.78, 5) is 4.02. The van der Waals surface area contributed by atoms with Crippen LogP contribution in [0.5, 0.6) is 0 Å². The highest BCUT2D eigenvalue weighted by Crippen LogP contribution is 2.11. The van der Waals surface area contributed by atoms with Crippen molar-refractivity contribution >= 4 is 12.6 Å². The molecule has 0 aliphatic rings. The molecule has 0 amide bonds. The molecule has 6 heteroatoms. The van der Waals surface area contributed by atoms with Gasteiger partial charge < -0.3 is 9.31 Å². The fraction of sp³-hybridized carbons (Fsp3) is 0.500. The molecule has 2 rings (SSSR count). The molecule has 0 saturated heterocycles. The topological polar surface area (TPSA) is 49.2 Å². The van der Waals surface area contributed by atoms with Crippen LogP contribution in [0.2, 0.25) is 0 Å². The first-order valence-electron chi connectivity index (χ1n) is 7.58. The lowest BCUT2D eigenvalue weighted by Gasteiger charge is -2.25. The highest BCUT2D eigenvalue weighted by atomic mass is 16.6. The van der Waals surface area contributed by atoms with E-state index in [0.717, 1.165) is 11.0 Å². The number of hydrogen-bond donors (Lipinski definition) is 0. The molecular weight excluding hydrogens is 277 g/mol. The summed E-state index contributed by atoms with van der Waals surface area (Å²) >= 11 is 0. The second kappa shape index (κ2) is 7.07. The van der Waals surface area contributed by atoms with Gasteiger partial charge in [0, 0.05) is 42.0 Å². The van der Waals surface area contributed by atoms with Crippen LogP contribution in [-0.2, 0) is 15.9 Å². The van der Waals surface area contributed by atoms with Crippen molar-refractivity contribution in [2.75, 3.05) is 0 Å². The first-order chi connectivity index (χ1) is 10.3. The van der Waals surface area contributed by atoms with Crippen LogP contribution in [0, 0.1) is 0 Å². The van der Waals surface area contributed by atoms with Crippen molar-refractivity contribution in [2.24, 2.45) is 0 Å². The van der Waals surface area contributed by atoms with Gasteiger partial charge in [-0.2, -0.15) is 5.10 Å². The van der Waals surface area contributed by atoms with Crippen molar-refractivity contribution in [3.05, 3.63) is 42.5 Å². The molecule has 0 saturated carbocycles. The predicted molar refractivity (Wildman–Crippen MR) is 88.0 cm³/mol. The molecule has 0 radical (unpaired) electrons. The Labute approximate surface area is 132 Å². The lowest BCUT2D eigenvalue weighted by atomic mass is 9.80. The Hall–Kier alpha value is -1.66. The molecule has 2 heterocycles. The summed E-state index contributed by atoms with van der Waals surface area (Å²) in [5, 5.41) is 4.41. The summed E-state index contributed by atoms with van der Waals surface area (Å²) < 4.78 is 13.8. The van der Waals surface area contributed by atoms with Gasteiger partial charge in [0.1, 0.15) is 0 Å². The van der Waals surface area contributed by atoms with Crippen LogP contribution in [0.3, 0.4) is 0 Å². The van der Waals surface area contributed by atoms with Crippen LogP contribution in [-0.4, -0.2) is 33.6 Å². The molecule has 0 unspecified atom stereocenters. The third kappa shape index (κ3) is 5.28. The Balaban J connectivity index is 2.12. The molecule has 0 bridgehead atoms. The maximum Gasteiger partial charge on any atom is 0.497 e. The minimum absolute atomic E-state index is 0.0795. The normalized spacial score (nSPS) is 11.9. The molecule has 0 N–H and O–H groups in total. The number of pyridine rings is 1. The van der Waals surface area contributed by atoms with E-state index in [1.807, 2.05) is 57.6 Å². The van der Waals surface area contributed by atoms with E-state index < -0.39 is 7.12 Å². The third-order valence-electron chi connectivity index (χ3n) is 2.88. The van der Waals surface area contributed by atoms with Crippen LogP contribution >= 0.6 is 0 Å².